The topological polar surface area (TPSA) is 48.4 Å². The second-order valence-corrected chi connectivity index (χ2v) is 4.60. The standard InChI is InChI=1S/C15H14ClNO3/c1-10(12-3-5-17-6-4-12)20-15-13(16)7-11(9-18)8-14(15)19-2/h3-10H,1-2H3. The van der Waals surface area contributed by atoms with Crippen LogP contribution in [0.3, 0.4) is 0 Å². The van der Waals surface area contributed by atoms with Crippen molar-refractivity contribution in [3.8, 4) is 11.5 Å². The van der Waals surface area contributed by atoms with Gasteiger partial charge in [-0.3, -0.25) is 9.78 Å². The van der Waals surface area contributed by atoms with Crippen molar-refractivity contribution in [3.63, 3.8) is 0 Å². The first-order valence-corrected chi connectivity index (χ1v) is 6.42. The van der Waals surface area contributed by atoms with E-state index in [0.29, 0.717) is 28.4 Å². The SMILES string of the molecule is COc1cc(C=O)cc(Cl)c1OC(C)c1ccncc1. The number of nitrogens with zero attached hydrogens (tertiary/aromatic N) is 1. The fraction of sp³-hybridized carbons (Fsp3) is 0.200. The van der Waals surface area contributed by atoms with Gasteiger partial charge in [0.15, 0.2) is 11.5 Å². The van der Waals surface area contributed by atoms with Crippen LogP contribution in [0.15, 0.2) is 36.7 Å². The second kappa shape index (κ2) is 6.39. The van der Waals surface area contributed by atoms with Crippen LogP contribution >= 0.6 is 11.6 Å². The Balaban J connectivity index is 2.31. The number of carbonyl (C=O) groups excluding carboxylic acids is 1. The van der Waals surface area contributed by atoms with Crippen LogP contribution in [0.5, 0.6) is 11.5 Å². The third kappa shape index (κ3) is 3.08. The molecule has 20 heavy (non-hydrogen) atoms. The van der Waals surface area contributed by atoms with Crippen molar-refractivity contribution in [1.82, 2.24) is 4.98 Å². The maximum atomic E-state index is 10.8. The number of benzene rings is 1. The van der Waals surface area contributed by atoms with E-state index in [2.05, 4.69) is 4.98 Å². The zero-order chi connectivity index (χ0) is 14.5. The van der Waals surface area contributed by atoms with Crippen molar-refractivity contribution in [2.24, 2.45) is 0 Å². The molecule has 0 N–H and O–H groups in total. The van der Waals surface area contributed by atoms with E-state index in [9.17, 15) is 4.79 Å². The molecule has 0 spiro atoms. The van der Waals surface area contributed by atoms with E-state index in [-0.39, 0.29) is 6.10 Å². The van der Waals surface area contributed by atoms with Crippen LogP contribution in [-0.4, -0.2) is 18.4 Å². The summed E-state index contributed by atoms with van der Waals surface area (Å²) >= 11 is 6.15. The van der Waals surface area contributed by atoms with Crippen molar-refractivity contribution >= 4 is 17.9 Å². The summed E-state index contributed by atoms with van der Waals surface area (Å²) in [5, 5.41) is 0.340. The smallest absolute Gasteiger partial charge is 0.180 e. The van der Waals surface area contributed by atoms with E-state index in [1.165, 1.54) is 7.11 Å². The highest BCUT2D eigenvalue weighted by molar-refractivity contribution is 6.32. The fourth-order valence-corrected chi connectivity index (χ4v) is 2.07. The summed E-state index contributed by atoms with van der Waals surface area (Å²) in [5.74, 6) is 0.851. The molecule has 0 aliphatic rings. The molecule has 0 radical (unpaired) electrons. The van der Waals surface area contributed by atoms with Crippen LogP contribution in [0.2, 0.25) is 5.02 Å². The number of hydrogen-bond acceptors (Lipinski definition) is 4. The van der Waals surface area contributed by atoms with E-state index < -0.39 is 0 Å². The van der Waals surface area contributed by atoms with Crippen LogP contribution in [0.25, 0.3) is 0 Å². The molecular weight excluding hydrogens is 278 g/mol. The van der Waals surface area contributed by atoms with E-state index in [1.807, 2.05) is 19.1 Å². The normalized spacial score (nSPS) is 11.8. The summed E-state index contributed by atoms with van der Waals surface area (Å²) in [6, 6.07) is 6.87. The van der Waals surface area contributed by atoms with E-state index in [4.69, 9.17) is 21.1 Å². The lowest BCUT2D eigenvalue weighted by atomic mass is 10.1. The monoisotopic (exact) mass is 291 g/mol. The quantitative estimate of drug-likeness (QED) is 0.788. The molecule has 2 rings (SSSR count). The first-order chi connectivity index (χ1) is 9.65. The van der Waals surface area contributed by atoms with Crippen LogP contribution < -0.4 is 9.47 Å². The molecule has 4 nitrogen and oxygen atoms in total. The number of aldehydes is 1. The zero-order valence-electron chi connectivity index (χ0n) is 11.2. The molecule has 104 valence electrons. The van der Waals surface area contributed by atoms with Gasteiger partial charge in [0.05, 0.1) is 12.1 Å². The number of aromatic nitrogens is 1. The number of carbonyl (C=O) groups is 1. The lowest BCUT2D eigenvalue weighted by Gasteiger charge is -2.18. The van der Waals surface area contributed by atoms with Gasteiger partial charge in [0.1, 0.15) is 12.4 Å². The van der Waals surface area contributed by atoms with E-state index in [0.717, 1.165) is 5.56 Å². The second-order valence-electron chi connectivity index (χ2n) is 4.19. The van der Waals surface area contributed by atoms with E-state index in [1.54, 1.807) is 24.5 Å². The predicted octanol–water partition coefficient (Wildman–Crippen LogP) is 3.70. The number of ether oxygens (including phenoxy) is 2. The molecule has 1 unspecified atom stereocenters. The van der Waals surface area contributed by atoms with Crippen molar-refractivity contribution in [3.05, 3.63) is 52.8 Å². The number of hydrogen-bond donors (Lipinski definition) is 0. The van der Waals surface area contributed by atoms with Gasteiger partial charge in [0.2, 0.25) is 0 Å². The van der Waals surface area contributed by atoms with Gasteiger partial charge in [-0.15, -0.1) is 0 Å². The third-order valence-corrected chi connectivity index (χ3v) is 3.14. The number of rotatable bonds is 5. The molecule has 0 bridgehead atoms. The highest BCUT2D eigenvalue weighted by Gasteiger charge is 2.16. The Bertz CT molecular complexity index is 602. The van der Waals surface area contributed by atoms with Gasteiger partial charge in [-0.2, -0.15) is 0 Å². The van der Waals surface area contributed by atoms with Crippen molar-refractivity contribution in [2.75, 3.05) is 7.11 Å². The third-order valence-electron chi connectivity index (χ3n) is 2.86. The maximum Gasteiger partial charge on any atom is 0.180 e. The molecule has 2 aromatic rings. The maximum absolute atomic E-state index is 10.8. The number of methoxy groups -OCH3 is 1. The number of halogens is 1. The van der Waals surface area contributed by atoms with Gasteiger partial charge in [-0.25, -0.2) is 0 Å². The first kappa shape index (κ1) is 14.3. The van der Waals surface area contributed by atoms with Crippen molar-refractivity contribution in [2.45, 2.75) is 13.0 Å². The molecule has 1 heterocycles. The Labute approximate surface area is 122 Å². The van der Waals surface area contributed by atoms with Crippen molar-refractivity contribution < 1.29 is 14.3 Å². The lowest BCUT2D eigenvalue weighted by Crippen LogP contribution is -2.05. The molecule has 1 atom stereocenters. The summed E-state index contributed by atoms with van der Waals surface area (Å²) < 4.78 is 11.1. The summed E-state index contributed by atoms with van der Waals surface area (Å²) in [6.45, 7) is 1.90. The highest BCUT2D eigenvalue weighted by Crippen LogP contribution is 2.38. The van der Waals surface area contributed by atoms with Gasteiger partial charge in [-0.1, -0.05) is 11.6 Å². The summed E-state index contributed by atoms with van der Waals surface area (Å²) in [7, 11) is 1.50. The minimum absolute atomic E-state index is 0.216. The fourth-order valence-electron chi connectivity index (χ4n) is 1.80. The summed E-state index contributed by atoms with van der Waals surface area (Å²) in [6.07, 6.45) is 3.89. The largest absolute Gasteiger partial charge is 0.493 e. The lowest BCUT2D eigenvalue weighted by molar-refractivity contribution is 0.112. The van der Waals surface area contributed by atoms with Crippen LogP contribution in [0.1, 0.15) is 28.9 Å². The van der Waals surface area contributed by atoms with Gasteiger partial charge in [0.25, 0.3) is 0 Å². The number of pyridine rings is 1. The molecule has 0 saturated carbocycles. The van der Waals surface area contributed by atoms with E-state index >= 15 is 0 Å². The zero-order valence-corrected chi connectivity index (χ0v) is 11.9. The van der Waals surface area contributed by atoms with Crippen molar-refractivity contribution in [1.29, 1.82) is 0 Å². The molecule has 0 fully saturated rings. The molecule has 0 aliphatic carbocycles. The minimum atomic E-state index is -0.216. The van der Waals surface area contributed by atoms with Crippen LogP contribution in [0, 0.1) is 0 Å². The summed E-state index contributed by atoms with van der Waals surface area (Å²) in [5.41, 5.74) is 1.41. The Morgan fingerprint density at radius 3 is 2.60 bits per heavy atom. The molecular formula is C15H14ClNO3. The van der Waals surface area contributed by atoms with Crippen LogP contribution in [0.4, 0.5) is 0 Å². The Morgan fingerprint density at radius 1 is 1.30 bits per heavy atom. The Morgan fingerprint density at radius 2 is 2.00 bits per heavy atom. The Kier molecular flexibility index (Phi) is 4.58. The van der Waals surface area contributed by atoms with Gasteiger partial charge in [-0.05, 0) is 36.8 Å². The molecule has 1 aromatic heterocycles. The predicted molar refractivity (Wildman–Crippen MR) is 76.7 cm³/mol. The van der Waals surface area contributed by atoms with Crippen LogP contribution in [-0.2, 0) is 0 Å². The summed E-state index contributed by atoms with van der Waals surface area (Å²) in [4.78, 5) is 14.8. The molecule has 5 heteroatoms. The first-order valence-electron chi connectivity index (χ1n) is 6.05. The average Bonchev–Trinajstić information content (AvgIpc) is 2.49. The molecule has 1 aromatic carbocycles. The van der Waals surface area contributed by atoms with Gasteiger partial charge < -0.3 is 9.47 Å². The molecule has 0 saturated heterocycles. The molecule has 0 amide bonds. The average molecular weight is 292 g/mol. The van der Waals surface area contributed by atoms with Gasteiger partial charge >= 0.3 is 0 Å². The van der Waals surface area contributed by atoms with Gasteiger partial charge in [0, 0.05) is 18.0 Å². The molecule has 0 aliphatic heterocycles. The Hall–Kier alpha value is -2.07. The minimum Gasteiger partial charge on any atom is -0.493 e. The highest BCUT2D eigenvalue weighted by atomic mass is 35.5.